The van der Waals surface area contributed by atoms with E-state index in [1.807, 2.05) is 0 Å². The van der Waals surface area contributed by atoms with Gasteiger partial charge >= 0.3 is 0 Å². The molecule has 0 aliphatic heterocycles. The third-order valence-electron chi connectivity index (χ3n) is 2.35. The number of aliphatic hydroxyl groups is 1. The fraction of sp³-hybridized carbons (Fsp3) is 0.0833. The van der Waals surface area contributed by atoms with Crippen LogP contribution in [0.25, 0.3) is 11.1 Å². The molecule has 0 saturated heterocycles. The fourth-order valence-electron chi connectivity index (χ4n) is 1.55. The Morgan fingerprint density at radius 3 is 2.59 bits per heavy atom. The van der Waals surface area contributed by atoms with E-state index in [9.17, 15) is 9.50 Å². The molecule has 0 saturated carbocycles. The molecular weight excluding hydrogens is 264 g/mol. The number of benzene rings is 1. The molecule has 0 unspecified atom stereocenters. The summed E-state index contributed by atoms with van der Waals surface area (Å²) in [6.07, 6.45) is 1.34. The first-order valence-corrected chi connectivity index (χ1v) is 5.58. The van der Waals surface area contributed by atoms with Gasteiger partial charge in [-0.3, -0.25) is 0 Å². The first-order valence-electron chi connectivity index (χ1n) is 4.82. The third-order valence-corrected chi connectivity index (χ3v) is 2.90. The number of hydrogen-bond donors (Lipinski definition) is 1. The molecule has 5 heteroatoms. The minimum Gasteiger partial charge on any atom is -0.392 e. The van der Waals surface area contributed by atoms with E-state index in [2.05, 4.69) is 4.98 Å². The van der Waals surface area contributed by atoms with Crippen LogP contribution >= 0.6 is 23.2 Å². The van der Waals surface area contributed by atoms with Gasteiger partial charge in [-0.1, -0.05) is 29.3 Å². The number of aliphatic hydroxyl groups excluding tert-OH is 1. The summed E-state index contributed by atoms with van der Waals surface area (Å²) < 4.78 is 12.9. The van der Waals surface area contributed by atoms with Crippen molar-refractivity contribution in [1.82, 2.24) is 4.98 Å². The molecule has 0 aliphatic rings. The van der Waals surface area contributed by atoms with Gasteiger partial charge in [-0.15, -0.1) is 0 Å². The maximum Gasteiger partial charge on any atom is 0.213 e. The van der Waals surface area contributed by atoms with E-state index < -0.39 is 5.95 Å². The Balaban J connectivity index is 2.60. The Hall–Kier alpha value is -1.16. The number of hydrogen-bond acceptors (Lipinski definition) is 2. The SMILES string of the molecule is OCc1cc(F)ncc1-c1ccc(Cl)cc1Cl. The molecule has 1 aromatic carbocycles. The van der Waals surface area contributed by atoms with Crippen molar-refractivity contribution >= 4 is 23.2 Å². The number of pyridine rings is 1. The molecule has 2 rings (SSSR count). The van der Waals surface area contributed by atoms with Crippen LogP contribution in [0.1, 0.15) is 5.56 Å². The van der Waals surface area contributed by atoms with E-state index in [1.165, 1.54) is 12.3 Å². The van der Waals surface area contributed by atoms with Crippen LogP contribution in [0.2, 0.25) is 10.0 Å². The van der Waals surface area contributed by atoms with Gasteiger partial charge in [0.2, 0.25) is 5.95 Å². The summed E-state index contributed by atoms with van der Waals surface area (Å²) in [4.78, 5) is 3.56. The van der Waals surface area contributed by atoms with E-state index in [0.717, 1.165) is 0 Å². The smallest absolute Gasteiger partial charge is 0.213 e. The van der Waals surface area contributed by atoms with Crippen molar-refractivity contribution in [2.24, 2.45) is 0 Å². The lowest BCUT2D eigenvalue weighted by Gasteiger charge is -2.09. The molecular formula is C12H8Cl2FNO. The van der Waals surface area contributed by atoms with Crippen molar-refractivity contribution in [3.8, 4) is 11.1 Å². The van der Waals surface area contributed by atoms with Crippen LogP contribution in [0.15, 0.2) is 30.5 Å². The minimum atomic E-state index is -0.636. The highest BCUT2D eigenvalue weighted by atomic mass is 35.5. The third kappa shape index (κ3) is 2.57. The summed E-state index contributed by atoms with van der Waals surface area (Å²) in [6.45, 7) is -0.284. The van der Waals surface area contributed by atoms with Gasteiger partial charge in [-0.25, -0.2) is 4.98 Å². The average Bonchev–Trinajstić information content (AvgIpc) is 2.30. The molecule has 17 heavy (non-hydrogen) atoms. The van der Waals surface area contributed by atoms with Gasteiger partial charge in [0.25, 0.3) is 0 Å². The lowest BCUT2D eigenvalue weighted by atomic mass is 10.0. The van der Waals surface area contributed by atoms with Crippen LogP contribution in [-0.2, 0) is 6.61 Å². The van der Waals surface area contributed by atoms with Crippen LogP contribution in [0.3, 0.4) is 0 Å². The predicted molar refractivity (Wildman–Crippen MR) is 65.6 cm³/mol. The van der Waals surface area contributed by atoms with Crippen molar-refractivity contribution in [2.45, 2.75) is 6.61 Å². The molecule has 2 aromatic rings. The Morgan fingerprint density at radius 1 is 1.18 bits per heavy atom. The topological polar surface area (TPSA) is 33.1 Å². The lowest BCUT2D eigenvalue weighted by molar-refractivity contribution is 0.281. The Kier molecular flexibility index (Phi) is 3.62. The molecule has 1 aromatic heterocycles. The standard InChI is InChI=1S/C12H8Cl2FNO/c13-8-1-2-9(11(14)4-8)10-5-16-12(15)3-7(10)6-17/h1-5,17H,6H2. The maximum absolute atomic E-state index is 12.9. The zero-order valence-electron chi connectivity index (χ0n) is 8.62. The van der Waals surface area contributed by atoms with E-state index >= 15 is 0 Å². The van der Waals surface area contributed by atoms with Gasteiger partial charge < -0.3 is 5.11 Å². The van der Waals surface area contributed by atoms with Crippen molar-refractivity contribution in [3.05, 3.63) is 52.0 Å². The second-order valence-corrected chi connectivity index (χ2v) is 4.29. The molecule has 0 radical (unpaired) electrons. The van der Waals surface area contributed by atoms with Gasteiger partial charge in [0.05, 0.1) is 6.61 Å². The Labute approximate surface area is 108 Å². The number of halogens is 3. The highest BCUT2D eigenvalue weighted by molar-refractivity contribution is 6.36. The van der Waals surface area contributed by atoms with E-state index in [-0.39, 0.29) is 6.61 Å². The summed E-state index contributed by atoms with van der Waals surface area (Å²) in [5, 5.41) is 10.1. The Bertz CT molecular complexity index is 560. The molecule has 0 atom stereocenters. The number of rotatable bonds is 2. The first-order chi connectivity index (χ1) is 8.11. The van der Waals surface area contributed by atoms with Crippen molar-refractivity contribution in [1.29, 1.82) is 0 Å². The first kappa shape index (κ1) is 12.3. The van der Waals surface area contributed by atoms with Gasteiger partial charge in [-0.2, -0.15) is 4.39 Å². The molecule has 1 N–H and O–H groups in total. The zero-order chi connectivity index (χ0) is 12.4. The lowest BCUT2D eigenvalue weighted by Crippen LogP contribution is -1.94. The average molecular weight is 272 g/mol. The summed E-state index contributed by atoms with van der Waals surface area (Å²) >= 11 is 11.8. The molecule has 0 amide bonds. The predicted octanol–water partition coefficient (Wildman–Crippen LogP) is 3.69. The summed E-state index contributed by atoms with van der Waals surface area (Å²) in [5.41, 5.74) is 1.69. The normalized spacial score (nSPS) is 10.6. The molecule has 1 heterocycles. The van der Waals surface area contributed by atoms with Gasteiger partial charge in [0, 0.05) is 27.4 Å². The zero-order valence-corrected chi connectivity index (χ0v) is 10.1. The quantitative estimate of drug-likeness (QED) is 0.846. The molecule has 0 spiro atoms. The van der Waals surface area contributed by atoms with Gasteiger partial charge in [0.15, 0.2) is 0 Å². The van der Waals surface area contributed by atoms with Crippen molar-refractivity contribution in [2.75, 3.05) is 0 Å². The van der Waals surface area contributed by atoms with Crippen LogP contribution in [0.5, 0.6) is 0 Å². The van der Waals surface area contributed by atoms with Crippen molar-refractivity contribution in [3.63, 3.8) is 0 Å². The van der Waals surface area contributed by atoms with Crippen LogP contribution < -0.4 is 0 Å². The Morgan fingerprint density at radius 2 is 1.94 bits per heavy atom. The summed E-state index contributed by atoms with van der Waals surface area (Å²) in [5.74, 6) is -0.636. The molecule has 0 bridgehead atoms. The van der Waals surface area contributed by atoms with Gasteiger partial charge in [0.1, 0.15) is 0 Å². The monoisotopic (exact) mass is 271 g/mol. The summed E-state index contributed by atoms with van der Waals surface area (Å²) in [6, 6.07) is 6.15. The summed E-state index contributed by atoms with van der Waals surface area (Å²) in [7, 11) is 0. The fourth-order valence-corrected chi connectivity index (χ4v) is 2.06. The highest BCUT2D eigenvalue weighted by Crippen LogP contribution is 2.32. The number of nitrogens with zero attached hydrogens (tertiary/aromatic N) is 1. The van der Waals surface area contributed by atoms with Crippen LogP contribution in [0, 0.1) is 5.95 Å². The second kappa shape index (κ2) is 5.00. The van der Waals surface area contributed by atoms with Crippen LogP contribution in [0.4, 0.5) is 4.39 Å². The second-order valence-electron chi connectivity index (χ2n) is 3.45. The molecule has 2 nitrogen and oxygen atoms in total. The molecule has 0 aliphatic carbocycles. The van der Waals surface area contributed by atoms with E-state index in [0.29, 0.717) is 26.7 Å². The van der Waals surface area contributed by atoms with Gasteiger partial charge in [-0.05, 0) is 23.8 Å². The largest absolute Gasteiger partial charge is 0.392 e. The van der Waals surface area contributed by atoms with Crippen LogP contribution in [-0.4, -0.2) is 10.1 Å². The molecule has 88 valence electrons. The molecule has 0 fully saturated rings. The number of aromatic nitrogens is 1. The van der Waals surface area contributed by atoms with E-state index in [4.69, 9.17) is 23.2 Å². The minimum absolute atomic E-state index is 0.284. The van der Waals surface area contributed by atoms with E-state index in [1.54, 1.807) is 18.2 Å². The van der Waals surface area contributed by atoms with Crippen molar-refractivity contribution < 1.29 is 9.50 Å². The maximum atomic E-state index is 12.9. The highest BCUT2D eigenvalue weighted by Gasteiger charge is 2.10.